The number of hydrogen-bond donors (Lipinski definition) is 1. The Morgan fingerprint density at radius 2 is 1.70 bits per heavy atom. The molecule has 2 unspecified atom stereocenters. The molecular weight excluding hydrogens is 463 g/mol. The third kappa shape index (κ3) is 8.45. The zero-order chi connectivity index (χ0) is 24.4. The Balaban J connectivity index is 2.02. The Hall–Kier alpha value is -2.44. The summed E-state index contributed by atoms with van der Waals surface area (Å²) >= 11 is 12.2. The Kier molecular flexibility index (Phi) is 10.8. The second kappa shape index (κ2) is 13.3. The molecule has 2 atom stereocenters. The quantitative estimate of drug-likeness (QED) is 0.396. The smallest absolute Gasteiger partial charge is 0.242 e. The van der Waals surface area contributed by atoms with Gasteiger partial charge in [0, 0.05) is 19.0 Å². The molecule has 0 aliphatic rings. The zero-order valence-electron chi connectivity index (χ0n) is 19.6. The van der Waals surface area contributed by atoms with E-state index in [0.29, 0.717) is 28.8 Å². The van der Waals surface area contributed by atoms with Crippen molar-refractivity contribution in [3.8, 4) is 11.5 Å². The normalized spacial score (nSPS) is 12.5. The van der Waals surface area contributed by atoms with E-state index >= 15 is 0 Å². The molecule has 0 aliphatic heterocycles. The molecule has 2 aromatic rings. The minimum Gasteiger partial charge on any atom is -0.497 e. The zero-order valence-corrected chi connectivity index (χ0v) is 21.1. The first-order valence-electron chi connectivity index (χ1n) is 11.1. The van der Waals surface area contributed by atoms with E-state index < -0.39 is 6.04 Å². The molecule has 6 nitrogen and oxygen atoms in total. The van der Waals surface area contributed by atoms with Crippen LogP contribution in [0.1, 0.15) is 45.6 Å². The first kappa shape index (κ1) is 26.8. The van der Waals surface area contributed by atoms with Crippen molar-refractivity contribution in [2.45, 2.75) is 58.7 Å². The van der Waals surface area contributed by atoms with Gasteiger partial charge < -0.3 is 19.7 Å². The van der Waals surface area contributed by atoms with Crippen molar-refractivity contribution >= 4 is 35.0 Å². The van der Waals surface area contributed by atoms with Gasteiger partial charge in [-0.15, -0.1) is 0 Å². The molecule has 0 fully saturated rings. The number of benzene rings is 2. The maximum atomic E-state index is 13.1. The second-order valence-electron chi connectivity index (χ2n) is 7.89. The van der Waals surface area contributed by atoms with Gasteiger partial charge in [-0.3, -0.25) is 9.59 Å². The number of halogens is 2. The topological polar surface area (TPSA) is 67.9 Å². The Bertz CT molecular complexity index is 921. The van der Waals surface area contributed by atoms with E-state index in [9.17, 15) is 9.59 Å². The molecule has 0 heterocycles. The van der Waals surface area contributed by atoms with Crippen molar-refractivity contribution in [3.05, 3.63) is 58.1 Å². The maximum absolute atomic E-state index is 13.1. The largest absolute Gasteiger partial charge is 0.497 e. The summed E-state index contributed by atoms with van der Waals surface area (Å²) in [6.07, 6.45) is 1.57. The van der Waals surface area contributed by atoms with E-state index in [1.54, 1.807) is 37.1 Å². The summed E-state index contributed by atoms with van der Waals surface area (Å²) in [6, 6.07) is 11.9. The van der Waals surface area contributed by atoms with Gasteiger partial charge in [0.15, 0.2) is 0 Å². The number of carbonyl (C=O) groups excluding carboxylic acids is 2. The monoisotopic (exact) mass is 494 g/mol. The van der Waals surface area contributed by atoms with Gasteiger partial charge in [-0.1, -0.05) is 36.2 Å². The van der Waals surface area contributed by atoms with Crippen LogP contribution in [0, 0.1) is 0 Å². The van der Waals surface area contributed by atoms with Gasteiger partial charge in [0.25, 0.3) is 0 Å². The van der Waals surface area contributed by atoms with E-state index in [1.165, 1.54) is 0 Å². The highest BCUT2D eigenvalue weighted by atomic mass is 35.5. The molecule has 0 spiro atoms. The van der Waals surface area contributed by atoms with Crippen LogP contribution >= 0.6 is 23.2 Å². The minimum atomic E-state index is -0.636. The van der Waals surface area contributed by atoms with Crippen molar-refractivity contribution < 1.29 is 19.1 Å². The van der Waals surface area contributed by atoms with Gasteiger partial charge in [-0.05, 0) is 68.7 Å². The fourth-order valence-corrected chi connectivity index (χ4v) is 3.43. The van der Waals surface area contributed by atoms with Gasteiger partial charge in [0.2, 0.25) is 11.8 Å². The van der Waals surface area contributed by atoms with Gasteiger partial charge in [-0.25, -0.2) is 0 Å². The number of nitrogens with zero attached hydrogens (tertiary/aromatic N) is 1. The summed E-state index contributed by atoms with van der Waals surface area (Å²) < 4.78 is 10.9. The minimum absolute atomic E-state index is 0.0276. The lowest BCUT2D eigenvalue weighted by molar-refractivity contribution is -0.141. The summed E-state index contributed by atoms with van der Waals surface area (Å²) in [4.78, 5) is 27.4. The number of rotatable bonds is 12. The fraction of sp³-hybridized carbons (Fsp3) is 0.440. The number of amides is 2. The summed E-state index contributed by atoms with van der Waals surface area (Å²) in [7, 11) is 1.61. The van der Waals surface area contributed by atoms with Crippen LogP contribution in [0.2, 0.25) is 10.0 Å². The molecule has 0 aliphatic carbocycles. The van der Waals surface area contributed by atoms with Crippen LogP contribution in [-0.4, -0.2) is 42.5 Å². The van der Waals surface area contributed by atoms with Crippen LogP contribution in [0.15, 0.2) is 42.5 Å². The molecular formula is C25H32Cl2N2O4. The van der Waals surface area contributed by atoms with E-state index in [-0.39, 0.29) is 30.8 Å². The molecule has 8 heteroatoms. The van der Waals surface area contributed by atoms with E-state index in [0.717, 1.165) is 17.7 Å². The summed E-state index contributed by atoms with van der Waals surface area (Å²) in [5.41, 5.74) is 0.801. The molecule has 0 saturated carbocycles. The lowest BCUT2D eigenvalue weighted by atomic mass is 10.1. The Morgan fingerprint density at radius 3 is 2.30 bits per heavy atom. The van der Waals surface area contributed by atoms with Crippen LogP contribution in [-0.2, 0) is 16.1 Å². The Morgan fingerprint density at radius 1 is 1.03 bits per heavy atom. The van der Waals surface area contributed by atoms with Crippen molar-refractivity contribution in [3.63, 3.8) is 0 Å². The molecule has 0 aromatic heterocycles. The molecule has 0 saturated heterocycles. The number of methoxy groups -OCH3 is 1. The third-order valence-corrected chi connectivity index (χ3v) is 6.11. The molecule has 0 radical (unpaired) electrons. The predicted octanol–water partition coefficient (Wildman–Crippen LogP) is 5.49. The molecule has 2 amide bonds. The standard InChI is InChI=1S/C25H32Cl2N2O4/c1-5-17(2)28-25(31)18(3)29(16-19-8-13-22(26)23(27)15-19)24(30)7-6-14-33-21-11-9-20(32-4)10-12-21/h8-13,15,17-18H,5-7,14,16H2,1-4H3,(H,28,31). The maximum Gasteiger partial charge on any atom is 0.242 e. The van der Waals surface area contributed by atoms with Crippen LogP contribution in [0.3, 0.4) is 0 Å². The number of carbonyl (C=O) groups is 2. The van der Waals surface area contributed by atoms with Crippen LogP contribution in [0.4, 0.5) is 0 Å². The van der Waals surface area contributed by atoms with Crippen molar-refractivity contribution in [2.24, 2.45) is 0 Å². The molecule has 180 valence electrons. The lowest BCUT2D eigenvalue weighted by Crippen LogP contribution is -2.49. The van der Waals surface area contributed by atoms with Crippen LogP contribution in [0.25, 0.3) is 0 Å². The SMILES string of the molecule is CCC(C)NC(=O)C(C)N(Cc1ccc(Cl)c(Cl)c1)C(=O)CCCOc1ccc(OC)cc1. The second-order valence-corrected chi connectivity index (χ2v) is 8.71. The average molecular weight is 495 g/mol. The highest BCUT2D eigenvalue weighted by Crippen LogP contribution is 2.24. The summed E-state index contributed by atoms with van der Waals surface area (Å²) in [5, 5.41) is 3.80. The number of ether oxygens (including phenoxy) is 2. The number of nitrogens with one attached hydrogen (secondary N) is 1. The first-order chi connectivity index (χ1) is 15.7. The van der Waals surface area contributed by atoms with Crippen LogP contribution < -0.4 is 14.8 Å². The summed E-state index contributed by atoms with van der Waals surface area (Å²) in [6.45, 7) is 6.31. The highest BCUT2D eigenvalue weighted by molar-refractivity contribution is 6.42. The van der Waals surface area contributed by atoms with E-state index in [1.807, 2.05) is 38.1 Å². The van der Waals surface area contributed by atoms with E-state index in [2.05, 4.69) is 5.32 Å². The lowest BCUT2D eigenvalue weighted by Gasteiger charge is -2.30. The van der Waals surface area contributed by atoms with Crippen molar-refractivity contribution in [1.82, 2.24) is 10.2 Å². The molecule has 2 aromatic carbocycles. The average Bonchev–Trinajstić information content (AvgIpc) is 2.82. The van der Waals surface area contributed by atoms with Gasteiger partial charge in [0.05, 0.1) is 23.8 Å². The van der Waals surface area contributed by atoms with Gasteiger partial charge in [-0.2, -0.15) is 0 Å². The van der Waals surface area contributed by atoms with E-state index in [4.69, 9.17) is 32.7 Å². The third-order valence-electron chi connectivity index (χ3n) is 5.37. The Labute approximate surface area is 206 Å². The van der Waals surface area contributed by atoms with Crippen molar-refractivity contribution in [2.75, 3.05) is 13.7 Å². The summed E-state index contributed by atoms with van der Waals surface area (Å²) in [5.74, 6) is 1.13. The fourth-order valence-electron chi connectivity index (χ4n) is 3.11. The number of hydrogen-bond acceptors (Lipinski definition) is 4. The van der Waals surface area contributed by atoms with Gasteiger partial charge >= 0.3 is 0 Å². The van der Waals surface area contributed by atoms with Gasteiger partial charge in [0.1, 0.15) is 17.5 Å². The van der Waals surface area contributed by atoms with Crippen molar-refractivity contribution in [1.29, 1.82) is 0 Å². The molecule has 33 heavy (non-hydrogen) atoms. The van der Waals surface area contributed by atoms with Crippen LogP contribution in [0.5, 0.6) is 11.5 Å². The predicted molar refractivity (Wildman–Crippen MR) is 132 cm³/mol. The molecule has 1 N–H and O–H groups in total. The highest BCUT2D eigenvalue weighted by Gasteiger charge is 2.26. The first-order valence-corrected chi connectivity index (χ1v) is 11.8. The molecule has 0 bridgehead atoms. The molecule has 2 rings (SSSR count).